The first kappa shape index (κ1) is 23.7. The molecule has 1 aliphatic rings. The van der Waals surface area contributed by atoms with Gasteiger partial charge in [-0.3, -0.25) is 14.6 Å². The minimum atomic E-state index is -4.73. The van der Waals surface area contributed by atoms with E-state index in [1.165, 1.54) is 6.07 Å². The van der Waals surface area contributed by atoms with Gasteiger partial charge < -0.3 is 15.4 Å². The molecule has 2 heterocycles. The first-order valence-electron chi connectivity index (χ1n) is 10.9. The lowest BCUT2D eigenvalue weighted by Gasteiger charge is -2.17. The van der Waals surface area contributed by atoms with Crippen molar-refractivity contribution in [3.8, 4) is 0 Å². The third-order valence-corrected chi connectivity index (χ3v) is 5.91. The van der Waals surface area contributed by atoms with E-state index in [0.29, 0.717) is 24.3 Å². The molecule has 4 rings (SSSR count). The van der Waals surface area contributed by atoms with Gasteiger partial charge in [-0.05, 0) is 62.1 Å². The Labute approximate surface area is 194 Å². The third kappa shape index (κ3) is 5.04. The summed E-state index contributed by atoms with van der Waals surface area (Å²) in [6.45, 7) is 4.09. The maximum Gasteiger partial charge on any atom is 0.418 e. The molecular weight excluding hydrogens is 447 g/mol. The van der Waals surface area contributed by atoms with Crippen LogP contribution in [0.3, 0.4) is 0 Å². The summed E-state index contributed by atoms with van der Waals surface area (Å²) in [5.74, 6) is -1.08. The number of amides is 2. The number of halogens is 3. The summed E-state index contributed by atoms with van der Waals surface area (Å²) in [6.07, 6.45) is -4.28. The fraction of sp³-hybridized carbons (Fsp3) is 0.320. The zero-order valence-electron chi connectivity index (χ0n) is 18.8. The van der Waals surface area contributed by atoms with Crippen LogP contribution in [-0.2, 0) is 26.9 Å². The highest BCUT2D eigenvalue weighted by Crippen LogP contribution is 2.37. The maximum atomic E-state index is 13.7. The first-order chi connectivity index (χ1) is 16.1. The Morgan fingerprint density at radius 3 is 2.59 bits per heavy atom. The monoisotopic (exact) mass is 471 g/mol. The minimum absolute atomic E-state index is 0.0174. The first-order valence-corrected chi connectivity index (χ1v) is 10.9. The molecule has 178 valence electrons. The Hall–Kier alpha value is -3.46. The van der Waals surface area contributed by atoms with Crippen molar-refractivity contribution in [3.63, 3.8) is 0 Å². The van der Waals surface area contributed by atoms with Gasteiger partial charge in [-0.15, -0.1) is 0 Å². The highest BCUT2D eigenvalue weighted by atomic mass is 19.4. The van der Waals surface area contributed by atoms with Gasteiger partial charge in [0.15, 0.2) is 0 Å². The molecule has 1 aromatic heterocycles. The Kier molecular flexibility index (Phi) is 6.56. The number of hydrogen-bond donors (Lipinski definition) is 2. The SMILES string of the molecule is Cc1nc2ccccc2c(C)c1CC(=O)Nc1ccc(NC(=O)C2CCCO2)cc1C(F)(F)F. The van der Waals surface area contributed by atoms with Gasteiger partial charge in [0, 0.05) is 23.4 Å². The van der Waals surface area contributed by atoms with E-state index in [-0.39, 0.29) is 17.8 Å². The Morgan fingerprint density at radius 2 is 1.88 bits per heavy atom. The fourth-order valence-electron chi connectivity index (χ4n) is 4.16. The second-order valence-corrected chi connectivity index (χ2v) is 8.29. The average molecular weight is 471 g/mol. The van der Waals surface area contributed by atoms with Crippen molar-refractivity contribution in [3.05, 3.63) is 64.8 Å². The molecule has 34 heavy (non-hydrogen) atoms. The number of aryl methyl sites for hydroxylation is 2. The predicted octanol–water partition coefficient (Wildman–Crippen LogP) is 5.17. The Bertz CT molecular complexity index is 1250. The largest absolute Gasteiger partial charge is 0.418 e. The normalized spacial score (nSPS) is 16.0. The number of benzene rings is 2. The van der Waals surface area contributed by atoms with Crippen molar-refractivity contribution in [1.29, 1.82) is 0 Å². The minimum Gasteiger partial charge on any atom is -0.368 e. The lowest BCUT2D eigenvalue weighted by molar-refractivity contribution is -0.137. The number of alkyl halides is 3. The van der Waals surface area contributed by atoms with Crippen LogP contribution < -0.4 is 10.6 Å². The van der Waals surface area contributed by atoms with Crippen molar-refractivity contribution in [2.45, 2.75) is 45.4 Å². The molecule has 1 fully saturated rings. The van der Waals surface area contributed by atoms with Gasteiger partial charge in [0.25, 0.3) is 5.91 Å². The van der Waals surface area contributed by atoms with Gasteiger partial charge in [-0.25, -0.2) is 0 Å². The Morgan fingerprint density at radius 1 is 1.12 bits per heavy atom. The van der Waals surface area contributed by atoms with Gasteiger partial charge in [-0.1, -0.05) is 18.2 Å². The zero-order valence-corrected chi connectivity index (χ0v) is 18.8. The van der Waals surface area contributed by atoms with Crippen LogP contribution in [-0.4, -0.2) is 29.5 Å². The van der Waals surface area contributed by atoms with Gasteiger partial charge in [0.05, 0.1) is 23.2 Å². The molecule has 2 amide bonds. The topological polar surface area (TPSA) is 80.3 Å². The van der Waals surface area contributed by atoms with Crippen LogP contribution in [0.2, 0.25) is 0 Å². The van der Waals surface area contributed by atoms with E-state index in [4.69, 9.17) is 4.74 Å². The van der Waals surface area contributed by atoms with E-state index in [1.54, 1.807) is 6.92 Å². The second kappa shape index (κ2) is 9.42. The van der Waals surface area contributed by atoms with Crippen molar-refractivity contribution in [2.75, 3.05) is 17.2 Å². The van der Waals surface area contributed by atoms with E-state index in [9.17, 15) is 22.8 Å². The number of nitrogens with one attached hydrogen (secondary N) is 2. The van der Waals surface area contributed by atoms with Crippen LogP contribution in [0.25, 0.3) is 10.9 Å². The van der Waals surface area contributed by atoms with Crippen molar-refractivity contribution in [1.82, 2.24) is 4.98 Å². The fourth-order valence-corrected chi connectivity index (χ4v) is 4.16. The number of ether oxygens (including phenoxy) is 1. The van der Waals surface area contributed by atoms with Crippen LogP contribution >= 0.6 is 0 Å². The lowest BCUT2D eigenvalue weighted by atomic mass is 9.99. The molecule has 1 unspecified atom stereocenters. The number of carbonyl (C=O) groups is 2. The number of pyridine rings is 1. The molecule has 1 saturated heterocycles. The van der Waals surface area contributed by atoms with Gasteiger partial charge in [0.2, 0.25) is 5.91 Å². The number of fused-ring (bicyclic) bond motifs is 1. The Balaban J connectivity index is 1.55. The average Bonchev–Trinajstić information content (AvgIpc) is 3.32. The van der Waals surface area contributed by atoms with Crippen molar-refractivity contribution < 1.29 is 27.5 Å². The molecule has 0 aliphatic carbocycles. The van der Waals surface area contributed by atoms with Crippen molar-refractivity contribution in [2.24, 2.45) is 0 Å². The quantitative estimate of drug-likeness (QED) is 0.538. The second-order valence-electron chi connectivity index (χ2n) is 8.29. The van der Waals surface area contributed by atoms with E-state index in [2.05, 4.69) is 15.6 Å². The van der Waals surface area contributed by atoms with E-state index < -0.39 is 29.7 Å². The standard InChI is InChI=1S/C25H24F3N3O3/c1-14-17-6-3-4-7-20(17)29-15(2)18(14)13-23(32)31-21-10-9-16(12-19(21)25(26,27)28)30-24(33)22-8-5-11-34-22/h3-4,6-7,9-10,12,22H,5,8,11,13H2,1-2H3,(H,30,33)(H,31,32). The number of para-hydroxylation sites is 1. The number of rotatable bonds is 5. The van der Waals surface area contributed by atoms with Crippen LogP contribution in [0.1, 0.15) is 35.2 Å². The number of hydrogen-bond acceptors (Lipinski definition) is 4. The summed E-state index contributed by atoms with van der Waals surface area (Å²) < 4.78 is 46.5. The molecule has 6 nitrogen and oxygen atoms in total. The summed E-state index contributed by atoms with van der Waals surface area (Å²) in [5, 5.41) is 5.73. The van der Waals surface area contributed by atoms with Gasteiger partial charge in [-0.2, -0.15) is 13.2 Å². The lowest BCUT2D eigenvalue weighted by Crippen LogP contribution is -2.27. The number of anilines is 2. The summed E-state index contributed by atoms with van der Waals surface area (Å²) in [7, 11) is 0. The van der Waals surface area contributed by atoms with Gasteiger partial charge >= 0.3 is 6.18 Å². The van der Waals surface area contributed by atoms with Crippen LogP contribution in [0.4, 0.5) is 24.5 Å². The molecular formula is C25H24F3N3O3. The molecule has 2 aromatic carbocycles. The van der Waals surface area contributed by atoms with Crippen LogP contribution in [0.15, 0.2) is 42.5 Å². The van der Waals surface area contributed by atoms with Crippen LogP contribution in [0, 0.1) is 13.8 Å². The number of carbonyl (C=O) groups excluding carboxylic acids is 2. The van der Waals surface area contributed by atoms with Gasteiger partial charge in [0.1, 0.15) is 6.10 Å². The molecule has 0 saturated carbocycles. The molecule has 9 heteroatoms. The smallest absolute Gasteiger partial charge is 0.368 e. The molecule has 0 spiro atoms. The molecule has 2 N–H and O–H groups in total. The summed E-state index contributed by atoms with van der Waals surface area (Å²) in [5.41, 5.74) is 1.53. The van der Waals surface area contributed by atoms with E-state index in [1.807, 2.05) is 31.2 Å². The molecule has 3 aromatic rings. The highest BCUT2D eigenvalue weighted by Gasteiger charge is 2.35. The van der Waals surface area contributed by atoms with E-state index >= 15 is 0 Å². The third-order valence-electron chi connectivity index (χ3n) is 5.91. The number of nitrogens with zero attached hydrogens (tertiary/aromatic N) is 1. The predicted molar refractivity (Wildman–Crippen MR) is 123 cm³/mol. The van der Waals surface area contributed by atoms with Crippen LogP contribution in [0.5, 0.6) is 0 Å². The number of aromatic nitrogens is 1. The molecule has 0 radical (unpaired) electrons. The zero-order chi connectivity index (χ0) is 24.5. The molecule has 0 bridgehead atoms. The van der Waals surface area contributed by atoms with Crippen molar-refractivity contribution >= 4 is 34.1 Å². The summed E-state index contributed by atoms with van der Waals surface area (Å²) >= 11 is 0. The summed E-state index contributed by atoms with van der Waals surface area (Å²) in [6, 6.07) is 10.8. The molecule has 1 aliphatic heterocycles. The summed E-state index contributed by atoms with van der Waals surface area (Å²) in [4.78, 5) is 29.5. The highest BCUT2D eigenvalue weighted by molar-refractivity contribution is 5.97. The van der Waals surface area contributed by atoms with E-state index in [0.717, 1.165) is 35.0 Å². The maximum absolute atomic E-state index is 13.7. The molecule has 1 atom stereocenters.